The van der Waals surface area contributed by atoms with Crippen molar-refractivity contribution in [2.24, 2.45) is 0 Å². The highest BCUT2D eigenvalue weighted by Gasteiger charge is 2.12. The number of sulfone groups is 1. The molecule has 3 nitrogen and oxygen atoms in total. The van der Waals surface area contributed by atoms with Gasteiger partial charge in [0.15, 0.2) is 9.84 Å². The van der Waals surface area contributed by atoms with Crippen molar-refractivity contribution < 1.29 is 8.42 Å². The zero-order valence-electron chi connectivity index (χ0n) is 8.70. The minimum atomic E-state index is -3.19. The molecule has 1 aromatic carbocycles. The fourth-order valence-corrected chi connectivity index (χ4v) is 2.13. The van der Waals surface area contributed by atoms with Crippen molar-refractivity contribution in [3.63, 3.8) is 0 Å². The van der Waals surface area contributed by atoms with Crippen LogP contribution in [0.2, 0.25) is 0 Å². The van der Waals surface area contributed by atoms with E-state index < -0.39 is 9.84 Å². The molecule has 1 atom stereocenters. The maximum absolute atomic E-state index is 11.4. The number of alkyl halides is 1. The number of anilines is 1. The van der Waals surface area contributed by atoms with Crippen LogP contribution in [0.4, 0.5) is 5.69 Å². The number of para-hydroxylation sites is 1. The molecule has 0 aromatic heterocycles. The Kier molecular flexibility index (Phi) is 3.99. The van der Waals surface area contributed by atoms with Crippen LogP contribution in [0.5, 0.6) is 0 Å². The van der Waals surface area contributed by atoms with Crippen LogP contribution in [0.25, 0.3) is 0 Å². The Morgan fingerprint density at radius 2 is 2.00 bits per heavy atom. The molecule has 0 saturated carbocycles. The summed E-state index contributed by atoms with van der Waals surface area (Å²) in [6.07, 6.45) is 1.19. The van der Waals surface area contributed by atoms with Crippen LogP contribution in [-0.4, -0.2) is 26.6 Å². The van der Waals surface area contributed by atoms with Crippen molar-refractivity contribution in [3.8, 4) is 0 Å². The van der Waals surface area contributed by atoms with Gasteiger partial charge in [-0.25, -0.2) is 8.42 Å². The van der Waals surface area contributed by atoms with E-state index >= 15 is 0 Å². The molecule has 84 valence electrons. The van der Waals surface area contributed by atoms with Crippen molar-refractivity contribution in [3.05, 3.63) is 24.3 Å². The lowest BCUT2D eigenvalue weighted by atomic mass is 10.3. The third-order valence-corrected chi connectivity index (χ3v) is 3.17. The molecular formula is C10H14ClNO2S. The van der Waals surface area contributed by atoms with Crippen LogP contribution in [0.3, 0.4) is 0 Å². The van der Waals surface area contributed by atoms with Crippen molar-refractivity contribution in [2.75, 3.05) is 18.1 Å². The fourth-order valence-electron chi connectivity index (χ4n) is 1.19. The molecule has 1 unspecified atom stereocenters. The summed E-state index contributed by atoms with van der Waals surface area (Å²) in [6, 6.07) is 6.80. The van der Waals surface area contributed by atoms with Gasteiger partial charge in [-0.3, -0.25) is 0 Å². The number of hydrogen-bond acceptors (Lipinski definition) is 3. The molecule has 0 aliphatic rings. The highest BCUT2D eigenvalue weighted by Crippen LogP contribution is 2.20. The van der Waals surface area contributed by atoms with Crippen LogP contribution < -0.4 is 5.32 Å². The Hall–Kier alpha value is -0.740. The smallest absolute Gasteiger partial charge is 0.177 e. The van der Waals surface area contributed by atoms with Gasteiger partial charge in [-0.05, 0) is 19.1 Å². The van der Waals surface area contributed by atoms with Crippen molar-refractivity contribution >= 4 is 27.1 Å². The first kappa shape index (κ1) is 12.3. The lowest BCUT2D eigenvalue weighted by Gasteiger charge is -2.11. The maximum Gasteiger partial charge on any atom is 0.177 e. The summed E-state index contributed by atoms with van der Waals surface area (Å²) in [5.74, 6) is 0. The topological polar surface area (TPSA) is 46.2 Å². The molecule has 0 fully saturated rings. The van der Waals surface area contributed by atoms with Crippen LogP contribution in [0, 0.1) is 0 Å². The van der Waals surface area contributed by atoms with E-state index in [0.29, 0.717) is 17.1 Å². The predicted octanol–water partition coefficient (Wildman–Crippen LogP) is 2.13. The van der Waals surface area contributed by atoms with Gasteiger partial charge in [0.1, 0.15) is 0 Å². The minimum absolute atomic E-state index is 0.0439. The summed E-state index contributed by atoms with van der Waals surface area (Å²) >= 11 is 5.78. The first-order chi connectivity index (χ1) is 6.91. The molecule has 1 rings (SSSR count). The standard InChI is InChI=1S/C10H14ClNO2S/c1-8(11)7-12-9-5-3-4-6-10(9)15(2,13)14/h3-6,8,12H,7H2,1-2H3. The zero-order chi connectivity index (χ0) is 11.5. The summed E-state index contributed by atoms with van der Waals surface area (Å²) < 4.78 is 22.9. The van der Waals surface area contributed by atoms with Crippen LogP contribution in [0.15, 0.2) is 29.2 Å². The Labute approximate surface area is 95.4 Å². The van der Waals surface area contributed by atoms with E-state index in [1.807, 2.05) is 6.92 Å². The van der Waals surface area contributed by atoms with E-state index in [2.05, 4.69) is 5.32 Å². The molecule has 0 bridgehead atoms. The predicted molar refractivity (Wildman–Crippen MR) is 63.4 cm³/mol. The summed E-state index contributed by atoms with van der Waals surface area (Å²) in [5, 5.41) is 2.96. The van der Waals surface area contributed by atoms with E-state index in [0.717, 1.165) is 0 Å². The van der Waals surface area contributed by atoms with Crippen LogP contribution in [0.1, 0.15) is 6.92 Å². The number of rotatable bonds is 4. The average Bonchev–Trinajstić information content (AvgIpc) is 2.13. The van der Waals surface area contributed by atoms with E-state index in [-0.39, 0.29) is 5.38 Å². The van der Waals surface area contributed by atoms with E-state index in [4.69, 9.17) is 11.6 Å². The van der Waals surface area contributed by atoms with Gasteiger partial charge in [0.05, 0.1) is 10.6 Å². The van der Waals surface area contributed by atoms with Crippen LogP contribution >= 0.6 is 11.6 Å². The van der Waals surface area contributed by atoms with Gasteiger partial charge >= 0.3 is 0 Å². The largest absolute Gasteiger partial charge is 0.383 e. The fraction of sp³-hybridized carbons (Fsp3) is 0.400. The minimum Gasteiger partial charge on any atom is -0.383 e. The van der Waals surface area contributed by atoms with E-state index in [1.165, 1.54) is 6.26 Å². The average molecular weight is 248 g/mol. The second kappa shape index (κ2) is 4.86. The van der Waals surface area contributed by atoms with Gasteiger partial charge in [-0.15, -0.1) is 11.6 Å². The van der Waals surface area contributed by atoms with E-state index in [1.54, 1.807) is 24.3 Å². The van der Waals surface area contributed by atoms with Crippen molar-refractivity contribution in [2.45, 2.75) is 17.2 Å². The monoisotopic (exact) mass is 247 g/mol. The molecule has 0 aliphatic carbocycles. The third-order valence-electron chi connectivity index (χ3n) is 1.86. The Bertz CT molecular complexity index is 429. The second-order valence-corrected chi connectivity index (χ2v) is 6.16. The number of halogens is 1. The molecule has 0 spiro atoms. The van der Waals surface area contributed by atoms with Crippen molar-refractivity contribution in [1.29, 1.82) is 0 Å². The molecule has 0 amide bonds. The molecule has 1 N–H and O–H groups in total. The summed E-state index contributed by atoms with van der Waals surface area (Å²) in [4.78, 5) is 0.308. The van der Waals surface area contributed by atoms with Gasteiger partial charge < -0.3 is 5.32 Å². The van der Waals surface area contributed by atoms with Gasteiger partial charge in [0.25, 0.3) is 0 Å². The molecule has 1 aromatic rings. The quantitative estimate of drug-likeness (QED) is 0.830. The SMILES string of the molecule is CC(Cl)CNc1ccccc1S(C)(=O)=O. The normalized spacial score (nSPS) is 13.5. The molecule has 5 heteroatoms. The number of nitrogens with one attached hydrogen (secondary N) is 1. The molecule has 0 aliphatic heterocycles. The first-order valence-electron chi connectivity index (χ1n) is 4.58. The van der Waals surface area contributed by atoms with Gasteiger partial charge in [0, 0.05) is 18.2 Å². The highest BCUT2D eigenvalue weighted by atomic mass is 35.5. The van der Waals surface area contributed by atoms with E-state index in [9.17, 15) is 8.42 Å². The maximum atomic E-state index is 11.4. The summed E-state index contributed by atoms with van der Waals surface area (Å²) in [6.45, 7) is 2.38. The molecule has 15 heavy (non-hydrogen) atoms. The number of benzene rings is 1. The van der Waals surface area contributed by atoms with Crippen molar-refractivity contribution in [1.82, 2.24) is 0 Å². The first-order valence-corrected chi connectivity index (χ1v) is 6.91. The van der Waals surface area contributed by atoms with Gasteiger partial charge in [-0.1, -0.05) is 12.1 Å². The molecule has 0 saturated heterocycles. The van der Waals surface area contributed by atoms with Gasteiger partial charge in [-0.2, -0.15) is 0 Å². The molecule has 0 heterocycles. The Morgan fingerprint density at radius 3 is 2.53 bits per heavy atom. The van der Waals surface area contributed by atoms with Gasteiger partial charge in [0.2, 0.25) is 0 Å². The Morgan fingerprint density at radius 1 is 1.40 bits per heavy atom. The summed E-state index contributed by atoms with van der Waals surface area (Å²) in [5.41, 5.74) is 0.604. The third kappa shape index (κ3) is 3.72. The lowest BCUT2D eigenvalue weighted by molar-refractivity contribution is 0.602. The van der Waals surface area contributed by atoms with Crippen LogP contribution in [-0.2, 0) is 9.84 Å². The second-order valence-electron chi connectivity index (χ2n) is 3.43. The zero-order valence-corrected chi connectivity index (χ0v) is 10.3. The Balaban J connectivity index is 2.98. The summed E-state index contributed by atoms with van der Waals surface area (Å²) in [7, 11) is -3.19. The number of hydrogen-bond donors (Lipinski definition) is 1. The molecule has 0 radical (unpaired) electrons. The highest BCUT2D eigenvalue weighted by molar-refractivity contribution is 7.90. The molecular weight excluding hydrogens is 234 g/mol. The lowest BCUT2D eigenvalue weighted by Crippen LogP contribution is -2.13.